The standard InChI is InChI=1S/C21H28N2/c1-14-10-8-11-15(2)19(14)22-18(5)21(6,7)23-20-16(3)12-9-13-17(20)4/h8-13,23H,1-7H3/b22-18+. The molecule has 0 saturated heterocycles. The zero-order valence-electron chi connectivity index (χ0n) is 15.4. The molecule has 0 bridgehead atoms. The molecule has 0 amide bonds. The highest BCUT2D eigenvalue weighted by atomic mass is 15.0. The van der Waals surface area contributed by atoms with E-state index >= 15 is 0 Å². The van der Waals surface area contributed by atoms with Gasteiger partial charge in [-0.15, -0.1) is 0 Å². The maximum Gasteiger partial charge on any atom is 0.0697 e. The average Bonchev–Trinajstić information content (AvgIpc) is 2.47. The molecular formula is C21H28N2. The average molecular weight is 308 g/mol. The molecule has 122 valence electrons. The largest absolute Gasteiger partial charge is 0.374 e. The molecule has 0 radical (unpaired) electrons. The third kappa shape index (κ3) is 3.82. The molecule has 2 aromatic carbocycles. The summed E-state index contributed by atoms with van der Waals surface area (Å²) in [5, 5.41) is 3.68. The zero-order chi connectivity index (χ0) is 17.2. The summed E-state index contributed by atoms with van der Waals surface area (Å²) in [4.78, 5) is 4.94. The van der Waals surface area contributed by atoms with E-state index in [2.05, 4.69) is 90.2 Å². The lowest BCUT2D eigenvalue weighted by atomic mass is 9.96. The third-order valence-electron chi connectivity index (χ3n) is 4.54. The minimum atomic E-state index is -0.217. The van der Waals surface area contributed by atoms with E-state index in [1.807, 2.05) is 0 Å². The van der Waals surface area contributed by atoms with Crippen molar-refractivity contribution in [1.29, 1.82) is 0 Å². The van der Waals surface area contributed by atoms with E-state index < -0.39 is 0 Å². The maximum atomic E-state index is 4.94. The van der Waals surface area contributed by atoms with Gasteiger partial charge in [0.05, 0.1) is 11.2 Å². The number of anilines is 1. The molecule has 0 unspecified atom stereocenters. The van der Waals surface area contributed by atoms with Gasteiger partial charge in [-0.25, -0.2) is 0 Å². The minimum Gasteiger partial charge on any atom is -0.374 e. The highest BCUT2D eigenvalue weighted by molar-refractivity contribution is 5.95. The van der Waals surface area contributed by atoms with Gasteiger partial charge in [-0.3, -0.25) is 4.99 Å². The van der Waals surface area contributed by atoms with Gasteiger partial charge in [-0.2, -0.15) is 0 Å². The monoisotopic (exact) mass is 308 g/mol. The molecule has 2 heteroatoms. The van der Waals surface area contributed by atoms with Crippen molar-refractivity contribution in [1.82, 2.24) is 0 Å². The van der Waals surface area contributed by atoms with Crippen LogP contribution in [0.5, 0.6) is 0 Å². The maximum absolute atomic E-state index is 4.94. The molecule has 2 nitrogen and oxygen atoms in total. The van der Waals surface area contributed by atoms with Crippen molar-refractivity contribution in [3.63, 3.8) is 0 Å². The topological polar surface area (TPSA) is 24.4 Å². The van der Waals surface area contributed by atoms with Gasteiger partial charge in [0.2, 0.25) is 0 Å². The molecular weight excluding hydrogens is 280 g/mol. The van der Waals surface area contributed by atoms with Crippen molar-refractivity contribution >= 4 is 17.1 Å². The summed E-state index contributed by atoms with van der Waals surface area (Å²) < 4.78 is 0. The van der Waals surface area contributed by atoms with E-state index in [0.717, 1.165) is 11.4 Å². The molecule has 0 fully saturated rings. The lowest BCUT2D eigenvalue weighted by Gasteiger charge is -2.30. The fourth-order valence-electron chi connectivity index (χ4n) is 2.70. The molecule has 0 heterocycles. The molecule has 0 aliphatic heterocycles. The predicted molar refractivity (Wildman–Crippen MR) is 102 cm³/mol. The van der Waals surface area contributed by atoms with Gasteiger partial charge < -0.3 is 5.32 Å². The SMILES string of the molecule is C/C(=N\c1c(C)cccc1C)C(C)(C)Nc1c(C)cccc1C. The summed E-state index contributed by atoms with van der Waals surface area (Å²) in [6.07, 6.45) is 0. The lowest BCUT2D eigenvalue weighted by molar-refractivity contribution is 0.752. The van der Waals surface area contributed by atoms with E-state index in [1.54, 1.807) is 0 Å². The number of nitrogens with one attached hydrogen (secondary N) is 1. The van der Waals surface area contributed by atoms with Crippen LogP contribution in [0.25, 0.3) is 0 Å². The summed E-state index contributed by atoms with van der Waals surface area (Å²) in [6.45, 7) is 15.0. The molecule has 0 aromatic heterocycles. The Morgan fingerprint density at radius 3 is 1.74 bits per heavy atom. The zero-order valence-corrected chi connectivity index (χ0v) is 15.4. The van der Waals surface area contributed by atoms with E-state index in [-0.39, 0.29) is 5.54 Å². The quantitative estimate of drug-likeness (QED) is 0.698. The van der Waals surface area contributed by atoms with Crippen LogP contribution in [0.1, 0.15) is 43.0 Å². The first-order valence-corrected chi connectivity index (χ1v) is 8.19. The molecule has 0 saturated carbocycles. The Morgan fingerprint density at radius 1 is 0.826 bits per heavy atom. The second-order valence-corrected chi connectivity index (χ2v) is 6.95. The van der Waals surface area contributed by atoms with Crippen molar-refractivity contribution < 1.29 is 0 Å². The number of para-hydroxylation sites is 2. The molecule has 0 aliphatic carbocycles. The number of hydrogen-bond acceptors (Lipinski definition) is 2. The van der Waals surface area contributed by atoms with Crippen molar-refractivity contribution in [2.75, 3.05) is 5.32 Å². The normalized spacial score (nSPS) is 12.4. The predicted octanol–water partition coefficient (Wildman–Crippen LogP) is 5.90. The first-order chi connectivity index (χ1) is 10.7. The molecule has 0 atom stereocenters. The Bertz CT molecular complexity index is 699. The first kappa shape index (κ1) is 17.3. The van der Waals surface area contributed by atoms with Gasteiger partial charge >= 0.3 is 0 Å². The van der Waals surface area contributed by atoms with Crippen LogP contribution in [0.4, 0.5) is 11.4 Å². The van der Waals surface area contributed by atoms with Crippen LogP contribution in [-0.4, -0.2) is 11.3 Å². The Labute approximate surface area is 140 Å². The number of benzene rings is 2. The first-order valence-electron chi connectivity index (χ1n) is 8.19. The molecule has 0 aliphatic rings. The van der Waals surface area contributed by atoms with Gasteiger partial charge in [0, 0.05) is 11.4 Å². The number of aryl methyl sites for hydroxylation is 4. The van der Waals surface area contributed by atoms with E-state index in [0.29, 0.717) is 0 Å². The summed E-state index contributed by atoms with van der Waals surface area (Å²) in [7, 11) is 0. The van der Waals surface area contributed by atoms with Crippen LogP contribution in [0, 0.1) is 27.7 Å². The number of rotatable bonds is 4. The van der Waals surface area contributed by atoms with E-state index in [4.69, 9.17) is 4.99 Å². The highest BCUT2D eigenvalue weighted by Crippen LogP contribution is 2.28. The van der Waals surface area contributed by atoms with Gasteiger partial charge in [-0.1, -0.05) is 36.4 Å². The fraction of sp³-hybridized carbons (Fsp3) is 0.381. The molecule has 2 aromatic rings. The van der Waals surface area contributed by atoms with Crippen molar-refractivity contribution in [2.45, 2.75) is 54.0 Å². The van der Waals surface area contributed by atoms with Crippen LogP contribution in [-0.2, 0) is 0 Å². The summed E-state index contributed by atoms with van der Waals surface area (Å²) in [5.74, 6) is 0. The number of aliphatic imine (C=N–C) groups is 1. The number of nitrogens with zero attached hydrogens (tertiary/aromatic N) is 1. The van der Waals surface area contributed by atoms with E-state index in [1.165, 1.54) is 27.9 Å². The van der Waals surface area contributed by atoms with Gasteiger partial charge in [0.25, 0.3) is 0 Å². The minimum absolute atomic E-state index is 0.217. The van der Waals surface area contributed by atoms with Crippen molar-refractivity contribution in [3.8, 4) is 0 Å². The molecule has 2 rings (SSSR count). The Morgan fingerprint density at radius 2 is 1.26 bits per heavy atom. The lowest BCUT2D eigenvalue weighted by Crippen LogP contribution is -2.39. The summed E-state index contributed by atoms with van der Waals surface area (Å²) >= 11 is 0. The van der Waals surface area contributed by atoms with Crippen molar-refractivity contribution in [3.05, 3.63) is 58.7 Å². The molecule has 1 N–H and O–H groups in total. The van der Waals surface area contributed by atoms with Crippen LogP contribution in [0.2, 0.25) is 0 Å². The van der Waals surface area contributed by atoms with Crippen LogP contribution < -0.4 is 5.32 Å². The molecule has 23 heavy (non-hydrogen) atoms. The Balaban J connectivity index is 2.37. The Hall–Kier alpha value is -2.09. The van der Waals surface area contributed by atoms with Crippen LogP contribution >= 0.6 is 0 Å². The second kappa shape index (κ2) is 6.57. The van der Waals surface area contributed by atoms with Gasteiger partial charge in [0.15, 0.2) is 0 Å². The van der Waals surface area contributed by atoms with Gasteiger partial charge in [-0.05, 0) is 70.7 Å². The van der Waals surface area contributed by atoms with Gasteiger partial charge in [0.1, 0.15) is 0 Å². The van der Waals surface area contributed by atoms with Crippen LogP contribution in [0.15, 0.2) is 41.4 Å². The Kier molecular flexibility index (Phi) is 4.93. The van der Waals surface area contributed by atoms with Crippen LogP contribution in [0.3, 0.4) is 0 Å². The summed E-state index contributed by atoms with van der Waals surface area (Å²) in [5.41, 5.74) is 8.11. The fourth-order valence-corrected chi connectivity index (χ4v) is 2.70. The smallest absolute Gasteiger partial charge is 0.0697 e. The second-order valence-electron chi connectivity index (χ2n) is 6.95. The highest BCUT2D eigenvalue weighted by Gasteiger charge is 2.23. The van der Waals surface area contributed by atoms with Crippen molar-refractivity contribution in [2.24, 2.45) is 4.99 Å². The summed E-state index contributed by atoms with van der Waals surface area (Å²) in [6, 6.07) is 12.7. The van der Waals surface area contributed by atoms with E-state index in [9.17, 15) is 0 Å². The molecule has 0 spiro atoms. The third-order valence-corrected chi connectivity index (χ3v) is 4.54. The number of hydrogen-bond donors (Lipinski definition) is 1.